The lowest BCUT2D eigenvalue weighted by Gasteiger charge is -2.38. The van der Waals surface area contributed by atoms with E-state index in [1.54, 1.807) is 12.1 Å². The predicted molar refractivity (Wildman–Crippen MR) is 91.2 cm³/mol. The Morgan fingerprint density at radius 1 is 1.38 bits per heavy atom. The maximum Gasteiger partial charge on any atom is 0.341 e. The van der Waals surface area contributed by atoms with Gasteiger partial charge in [-0.1, -0.05) is 42.0 Å². The first kappa shape index (κ1) is 16.4. The van der Waals surface area contributed by atoms with Gasteiger partial charge >= 0.3 is 5.97 Å². The third-order valence-corrected chi connectivity index (χ3v) is 4.30. The van der Waals surface area contributed by atoms with Crippen molar-refractivity contribution >= 4 is 17.6 Å². The molecule has 1 atom stereocenters. The highest BCUT2D eigenvalue weighted by Gasteiger charge is 2.46. The Bertz CT molecular complexity index is 788. The van der Waals surface area contributed by atoms with Crippen LogP contribution in [0.15, 0.2) is 71.7 Å². The summed E-state index contributed by atoms with van der Waals surface area (Å²) < 4.78 is 16.4. The van der Waals surface area contributed by atoms with Gasteiger partial charge in [0.05, 0.1) is 20.5 Å². The number of fused-ring (bicyclic) bond motifs is 1. The van der Waals surface area contributed by atoms with E-state index in [4.69, 9.17) is 25.8 Å². The summed E-state index contributed by atoms with van der Waals surface area (Å²) in [7, 11) is 2.81. The van der Waals surface area contributed by atoms with Gasteiger partial charge in [-0.05, 0) is 18.2 Å². The fraction of sp³-hybridized carbons (Fsp3) is 0.211. The van der Waals surface area contributed by atoms with Crippen molar-refractivity contribution < 1.29 is 19.0 Å². The molecule has 1 unspecified atom stereocenters. The molecular formula is C19H17ClO4. The molecule has 1 aromatic rings. The molecule has 1 aliphatic heterocycles. The molecule has 0 N–H and O–H groups in total. The lowest BCUT2D eigenvalue weighted by molar-refractivity contribution is -0.139. The Morgan fingerprint density at radius 3 is 2.92 bits per heavy atom. The van der Waals surface area contributed by atoms with Gasteiger partial charge in [0.25, 0.3) is 0 Å². The van der Waals surface area contributed by atoms with Crippen LogP contribution in [0.5, 0.6) is 0 Å². The Balaban J connectivity index is 2.18. The number of halogens is 1. The van der Waals surface area contributed by atoms with Gasteiger partial charge in [-0.3, -0.25) is 0 Å². The van der Waals surface area contributed by atoms with E-state index in [1.165, 1.54) is 20.5 Å². The topological polar surface area (TPSA) is 44.8 Å². The number of methoxy groups -OCH3 is 2. The first-order valence-electron chi connectivity index (χ1n) is 7.46. The van der Waals surface area contributed by atoms with Crippen LogP contribution in [0.4, 0.5) is 0 Å². The van der Waals surface area contributed by atoms with Crippen molar-refractivity contribution in [1.82, 2.24) is 0 Å². The first-order valence-corrected chi connectivity index (χ1v) is 7.84. The van der Waals surface area contributed by atoms with Crippen molar-refractivity contribution in [3.63, 3.8) is 0 Å². The third kappa shape index (κ3) is 2.74. The molecule has 0 saturated heterocycles. The third-order valence-electron chi connectivity index (χ3n) is 4.07. The highest BCUT2D eigenvalue weighted by atomic mass is 35.5. The smallest absolute Gasteiger partial charge is 0.341 e. The second-order valence-corrected chi connectivity index (χ2v) is 5.89. The summed E-state index contributed by atoms with van der Waals surface area (Å²) in [4.78, 5) is 12.4. The molecule has 5 heteroatoms. The summed E-state index contributed by atoms with van der Waals surface area (Å²) in [5.74, 6) is 0.187. The fourth-order valence-electron chi connectivity index (χ4n) is 2.94. The minimum absolute atomic E-state index is 0.276. The molecular weight excluding hydrogens is 328 g/mol. The van der Waals surface area contributed by atoms with Crippen LogP contribution in [0.1, 0.15) is 12.0 Å². The van der Waals surface area contributed by atoms with E-state index in [-0.39, 0.29) is 5.57 Å². The van der Waals surface area contributed by atoms with Crippen LogP contribution in [0.2, 0.25) is 5.02 Å². The number of hydrogen-bond acceptors (Lipinski definition) is 4. The summed E-state index contributed by atoms with van der Waals surface area (Å²) in [5.41, 5.74) is 0.967. The van der Waals surface area contributed by atoms with Crippen LogP contribution >= 0.6 is 11.6 Å². The second-order valence-electron chi connectivity index (χ2n) is 5.45. The van der Waals surface area contributed by atoms with Crippen molar-refractivity contribution in [1.29, 1.82) is 0 Å². The Hall–Kier alpha value is -2.46. The zero-order valence-electron chi connectivity index (χ0n) is 13.4. The zero-order valence-corrected chi connectivity index (χ0v) is 14.2. The molecule has 0 bridgehead atoms. The van der Waals surface area contributed by atoms with Crippen LogP contribution in [0.25, 0.3) is 0 Å². The average molecular weight is 345 g/mol. The van der Waals surface area contributed by atoms with Gasteiger partial charge in [0.15, 0.2) is 5.60 Å². The molecule has 4 nitrogen and oxygen atoms in total. The molecule has 124 valence electrons. The lowest BCUT2D eigenvalue weighted by Crippen LogP contribution is -2.37. The molecule has 24 heavy (non-hydrogen) atoms. The Morgan fingerprint density at radius 2 is 2.21 bits per heavy atom. The van der Waals surface area contributed by atoms with Crippen LogP contribution in [-0.2, 0) is 24.6 Å². The molecule has 1 aromatic carbocycles. The number of rotatable bonds is 4. The molecule has 1 heterocycles. The summed E-state index contributed by atoms with van der Waals surface area (Å²) in [6.45, 7) is 0. The fourth-order valence-corrected chi connectivity index (χ4v) is 3.13. The van der Waals surface area contributed by atoms with Crippen molar-refractivity contribution in [2.45, 2.75) is 12.0 Å². The standard InChI is InChI=1S/C19H17ClO4/c1-22-12-16(18(21)23-2)19(14-6-4-7-15(20)11-14)10-9-13-5-3-8-17(13)24-19/h3-9,11-12H,10H2,1-2H3/b16-12-. The number of allylic oxidation sites excluding steroid dienone is 3. The van der Waals surface area contributed by atoms with E-state index in [0.29, 0.717) is 17.2 Å². The number of hydrogen-bond donors (Lipinski definition) is 0. The summed E-state index contributed by atoms with van der Waals surface area (Å²) >= 11 is 6.17. The molecule has 0 saturated carbocycles. The summed E-state index contributed by atoms with van der Waals surface area (Å²) in [5, 5.41) is 0.561. The summed E-state index contributed by atoms with van der Waals surface area (Å²) in [6.07, 6.45) is 9.60. The Labute approximate surface area is 145 Å². The number of carbonyl (C=O) groups excluding carboxylic acids is 1. The molecule has 3 rings (SSSR count). The van der Waals surface area contributed by atoms with E-state index in [9.17, 15) is 4.79 Å². The highest BCUT2D eigenvalue weighted by Crippen LogP contribution is 2.46. The molecule has 0 radical (unpaired) electrons. The van der Waals surface area contributed by atoms with E-state index in [1.807, 2.05) is 36.4 Å². The first-order chi connectivity index (χ1) is 11.6. The van der Waals surface area contributed by atoms with Crippen molar-refractivity contribution in [3.8, 4) is 0 Å². The molecule has 0 spiro atoms. The van der Waals surface area contributed by atoms with Gasteiger partial charge in [-0.15, -0.1) is 0 Å². The van der Waals surface area contributed by atoms with E-state index < -0.39 is 11.6 Å². The normalized spacial score (nSPS) is 22.2. The lowest BCUT2D eigenvalue weighted by atomic mass is 9.81. The molecule has 2 aliphatic rings. The largest absolute Gasteiger partial charge is 0.504 e. The van der Waals surface area contributed by atoms with E-state index >= 15 is 0 Å². The van der Waals surface area contributed by atoms with Gasteiger partial charge in [-0.25, -0.2) is 4.79 Å². The van der Waals surface area contributed by atoms with Crippen LogP contribution < -0.4 is 0 Å². The van der Waals surface area contributed by atoms with E-state index in [0.717, 1.165) is 11.1 Å². The predicted octanol–water partition coefficient (Wildman–Crippen LogP) is 4.04. The van der Waals surface area contributed by atoms with Gasteiger partial charge in [0, 0.05) is 22.6 Å². The number of ether oxygens (including phenoxy) is 3. The molecule has 1 aliphatic carbocycles. The molecule has 0 fully saturated rings. The van der Waals surface area contributed by atoms with Crippen LogP contribution in [0.3, 0.4) is 0 Å². The van der Waals surface area contributed by atoms with Crippen LogP contribution in [-0.4, -0.2) is 20.2 Å². The SMILES string of the molecule is CO/C=C(/C(=O)OC)C1(c2cccc(Cl)c2)CC=C2C=CC=C2O1. The van der Waals surface area contributed by atoms with Crippen molar-refractivity contribution in [2.75, 3.05) is 14.2 Å². The van der Waals surface area contributed by atoms with Crippen LogP contribution in [0, 0.1) is 0 Å². The quantitative estimate of drug-likeness (QED) is 0.470. The maximum absolute atomic E-state index is 12.4. The van der Waals surface area contributed by atoms with Gasteiger partial charge in [0.1, 0.15) is 11.3 Å². The minimum atomic E-state index is -1.06. The van der Waals surface area contributed by atoms with Gasteiger partial charge < -0.3 is 14.2 Å². The number of esters is 1. The monoisotopic (exact) mass is 344 g/mol. The molecule has 0 amide bonds. The van der Waals surface area contributed by atoms with Gasteiger partial charge in [-0.2, -0.15) is 0 Å². The highest BCUT2D eigenvalue weighted by molar-refractivity contribution is 6.30. The van der Waals surface area contributed by atoms with Crippen molar-refractivity contribution in [3.05, 3.63) is 82.3 Å². The van der Waals surface area contributed by atoms with Gasteiger partial charge in [0.2, 0.25) is 0 Å². The average Bonchev–Trinajstić information content (AvgIpc) is 3.06. The Kier molecular flexibility index (Phi) is 4.49. The minimum Gasteiger partial charge on any atom is -0.504 e. The number of carbonyl (C=O) groups is 1. The summed E-state index contributed by atoms with van der Waals surface area (Å²) in [6, 6.07) is 7.26. The van der Waals surface area contributed by atoms with E-state index in [2.05, 4.69) is 0 Å². The second kappa shape index (κ2) is 6.57. The maximum atomic E-state index is 12.4. The molecule has 0 aromatic heterocycles. The van der Waals surface area contributed by atoms with Crippen molar-refractivity contribution in [2.24, 2.45) is 0 Å². The zero-order chi connectivity index (χ0) is 17.2. The number of benzene rings is 1.